The third-order valence-electron chi connectivity index (χ3n) is 2.65. The molecule has 0 aliphatic rings. The second kappa shape index (κ2) is 5.74. The SMILES string of the molecule is CO/C=C/CCc1ccc(C(C)(C)C)cc1. The van der Waals surface area contributed by atoms with E-state index in [0.29, 0.717) is 0 Å². The highest BCUT2D eigenvalue weighted by atomic mass is 16.5. The Kier molecular flexibility index (Phi) is 4.60. The lowest BCUT2D eigenvalue weighted by molar-refractivity contribution is 0.336. The van der Waals surface area contributed by atoms with E-state index in [1.807, 2.05) is 0 Å². The van der Waals surface area contributed by atoms with Gasteiger partial charge >= 0.3 is 0 Å². The van der Waals surface area contributed by atoms with Crippen LogP contribution in [0.15, 0.2) is 36.6 Å². The van der Waals surface area contributed by atoms with Crippen LogP contribution in [0.2, 0.25) is 0 Å². The summed E-state index contributed by atoms with van der Waals surface area (Å²) in [5.41, 5.74) is 3.02. The van der Waals surface area contributed by atoms with Gasteiger partial charge in [-0.25, -0.2) is 0 Å². The molecule has 0 saturated carbocycles. The molecule has 16 heavy (non-hydrogen) atoms. The fraction of sp³-hybridized carbons (Fsp3) is 0.467. The topological polar surface area (TPSA) is 9.23 Å². The third kappa shape index (κ3) is 4.09. The molecule has 0 bridgehead atoms. The van der Waals surface area contributed by atoms with E-state index in [2.05, 4.69) is 51.1 Å². The number of ether oxygens (including phenoxy) is 1. The summed E-state index contributed by atoms with van der Waals surface area (Å²) in [5.74, 6) is 0. The molecule has 0 radical (unpaired) electrons. The molecule has 1 rings (SSSR count). The van der Waals surface area contributed by atoms with Gasteiger partial charge in [0, 0.05) is 0 Å². The van der Waals surface area contributed by atoms with Crippen LogP contribution in [0.3, 0.4) is 0 Å². The molecule has 0 aromatic heterocycles. The summed E-state index contributed by atoms with van der Waals surface area (Å²) >= 11 is 0. The van der Waals surface area contributed by atoms with Gasteiger partial charge in [0.2, 0.25) is 0 Å². The molecule has 0 aliphatic carbocycles. The zero-order valence-electron chi connectivity index (χ0n) is 10.8. The average molecular weight is 218 g/mol. The molecular weight excluding hydrogens is 196 g/mol. The maximum Gasteiger partial charge on any atom is 0.0784 e. The molecule has 0 spiro atoms. The van der Waals surface area contributed by atoms with E-state index >= 15 is 0 Å². The molecule has 0 fully saturated rings. The number of benzene rings is 1. The molecule has 0 amide bonds. The monoisotopic (exact) mass is 218 g/mol. The lowest BCUT2D eigenvalue weighted by Crippen LogP contribution is -2.10. The van der Waals surface area contributed by atoms with Crippen molar-refractivity contribution in [3.8, 4) is 0 Å². The predicted molar refractivity (Wildman–Crippen MR) is 69.6 cm³/mol. The van der Waals surface area contributed by atoms with Crippen molar-refractivity contribution in [3.05, 3.63) is 47.7 Å². The van der Waals surface area contributed by atoms with Crippen molar-refractivity contribution >= 4 is 0 Å². The molecule has 0 heterocycles. The highest BCUT2D eigenvalue weighted by molar-refractivity contribution is 5.27. The summed E-state index contributed by atoms with van der Waals surface area (Å²) in [5, 5.41) is 0. The van der Waals surface area contributed by atoms with Crippen LogP contribution in [0.4, 0.5) is 0 Å². The van der Waals surface area contributed by atoms with Gasteiger partial charge in [-0.15, -0.1) is 0 Å². The van der Waals surface area contributed by atoms with Crippen molar-refractivity contribution in [2.75, 3.05) is 7.11 Å². The fourth-order valence-corrected chi connectivity index (χ4v) is 1.59. The summed E-state index contributed by atoms with van der Waals surface area (Å²) < 4.78 is 4.86. The van der Waals surface area contributed by atoms with Crippen molar-refractivity contribution in [3.63, 3.8) is 0 Å². The Balaban J connectivity index is 2.55. The molecule has 0 saturated heterocycles. The van der Waals surface area contributed by atoms with Gasteiger partial charge in [0.05, 0.1) is 13.4 Å². The highest BCUT2D eigenvalue weighted by Gasteiger charge is 2.12. The van der Waals surface area contributed by atoms with Gasteiger partial charge in [0.25, 0.3) is 0 Å². The minimum atomic E-state index is 0.245. The quantitative estimate of drug-likeness (QED) is 0.692. The zero-order valence-corrected chi connectivity index (χ0v) is 10.8. The van der Waals surface area contributed by atoms with Gasteiger partial charge in [0.15, 0.2) is 0 Å². The van der Waals surface area contributed by atoms with Crippen LogP contribution in [-0.2, 0) is 16.6 Å². The van der Waals surface area contributed by atoms with Crippen molar-refractivity contribution in [2.45, 2.75) is 39.0 Å². The van der Waals surface area contributed by atoms with Gasteiger partial charge in [0.1, 0.15) is 0 Å². The summed E-state index contributed by atoms with van der Waals surface area (Å²) in [7, 11) is 1.68. The summed E-state index contributed by atoms with van der Waals surface area (Å²) in [6.07, 6.45) is 5.90. The van der Waals surface area contributed by atoms with E-state index in [-0.39, 0.29) is 5.41 Å². The molecule has 0 atom stereocenters. The lowest BCUT2D eigenvalue weighted by Gasteiger charge is -2.19. The number of aryl methyl sites for hydroxylation is 1. The Hall–Kier alpha value is -1.24. The normalized spacial score (nSPS) is 12.0. The van der Waals surface area contributed by atoms with Crippen LogP contribution < -0.4 is 0 Å². The molecule has 1 aromatic rings. The molecular formula is C15H22O. The Morgan fingerprint density at radius 3 is 2.25 bits per heavy atom. The predicted octanol–water partition coefficient (Wildman–Crippen LogP) is 4.08. The maximum absolute atomic E-state index is 4.86. The van der Waals surface area contributed by atoms with E-state index in [1.54, 1.807) is 13.4 Å². The first-order valence-corrected chi connectivity index (χ1v) is 5.81. The fourth-order valence-electron chi connectivity index (χ4n) is 1.59. The van der Waals surface area contributed by atoms with Crippen LogP contribution in [0.25, 0.3) is 0 Å². The van der Waals surface area contributed by atoms with Gasteiger partial charge in [-0.05, 0) is 35.5 Å². The summed E-state index contributed by atoms with van der Waals surface area (Å²) in [4.78, 5) is 0. The van der Waals surface area contributed by atoms with Crippen molar-refractivity contribution in [2.24, 2.45) is 0 Å². The number of allylic oxidation sites excluding steroid dienone is 1. The lowest BCUT2D eigenvalue weighted by atomic mass is 9.86. The molecule has 88 valence electrons. The van der Waals surface area contributed by atoms with Crippen molar-refractivity contribution in [1.82, 2.24) is 0 Å². The Bertz CT molecular complexity index is 327. The van der Waals surface area contributed by atoms with E-state index < -0.39 is 0 Å². The average Bonchev–Trinajstić information content (AvgIpc) is 2.24. The van der Waals surface area contributed by atoms with Crippen LogP contribution in [0.1, 0.15) is 38.3 Å². The van der Waals surface area contributed by atoms with Crippen molar-refractivity contribution in [1.29, 1.82) is 0 Å². The second-order valence-corrected chi connectivity index (χ2v) is 5.09. The number of hydrogen-bond donors (Lipinski definition) is 0. The molecule has 0 unspecified atom stereocenters. The van der Waals surface area contributed by atoms with E-state index in [1.165, 1.54) is 11.1 Å². The standard InChI is InChI=1S/C15H22O/c1-15(2,3)14-10-8-13(9-11-14)7-5-6-12-16-4/h6,8-12H,5,7H2,1-4H3/b12-6+. The van der Waals surface area contributed by atoms with Crippen LogP contribution in [0, 0.1) is 0 Å². The molecule has 1 aromatic carbocycles. The minimum absolute atomic E-state index is 0.245. The highest BCUT2D eigenvalue weighted by Crippen LogP contribution is 2.22. The third-order valence-corrected chi connectivity index (χ3v) is 2.65. The van der Waals surface area contributed by atoms with E-state index in [4.69, 9.17) is 4.74 Å². The number of hydrogen-bond acceptors (Lipinski definition) is 1. The van der Waals surface area contributed by atoms with Crippen LogP contribution >= 0.6 is 0 Å². The molecule has 1 nitrogen and oxygen atoms in total. The Labute approximate surface area is 99.1 Å². The van der Waals surface area contributed by atoms with Gasteiger partial charge < -0.3 is 4.74 Å². The largest absolute Gasteiger partial charge is 0.505 e. The van der Waals surface area contributed by atoms with Crippen LogP contribution in [-0.4, -0.2) is 7.11 Å². The summed E-state index contributed by atoms with van der Waals surface area (Å²) in [6, 6.07) is 8.91. The molecule has 0 N–H and O–H groups in total. The van der Waals surface area contributed by atoms with Gasteiger partial charge in [-0.2, -0.15) is 0 Å². The van der Waals surface area contributed by atoms with E-state index in [0.717, 1.165) is 12.8 Å². The van der Waals surface area contributed by atoms with Gasteiger partial charge in [-0.1, -0.05) is 45.0 Å². The van der Waals surface area contributed by atoms with Gasteiger partial charge in [-0.3, -0.25) is 0 Å². The van der Waals surface area contributed by atoms with E-state index in [9.17, 15) is 0 Å². The number of rotatable bonds is 4. The Morgan fingerprint density at radius 2 is 1.75 bits per heavy atom. The first-order valence-electron chi connectivity index (χ1n) is 5.81. The minimum Gasteiger partial charge on any atom is -0.505 e. The molecule has 0 aliphatic heterocycles. The smallest absolute Gasteiger partial charge is 0.0784 e. The summed E-state index contributed by atoms with van der Waals surface area (Å²) in [6.45, 7) is 6.72. The maximum atomic E-state index is 4.86. The first-order chi connectivity index (χ1) is 7.54. The zero-order chi connectivity index (χ0) is 12.0. The van der Waals surface area contributed by atoms with Crippen LogP contribution in [0.5, 0.6) is 0 Å². The molecule has 1 heteroatoms. The first kappa shape index (κ1) is 12.8. The Morgan fingerprint density at radius 1 is 1.12 bits per heavy atom. The number of methoxy groups -OCH3 is 1. The second-order valence-electron chi connectivity index (χ2n) is 5.09. The van der Waals surface area contributed by atoms with Crippen molar-refractivity contribution < 1.29 is 4.74 Å².